The van der Waals surface area contributed by atoms with Crippen LogP contribution in [0, 0.1) is 20.8 Å². The Morgan fingerprint density at radius 3 is 2.50 bits per heavy atom. The maximum Gasteiger partial charge on any atom is 0.242 e. The van der Waals surface area contributed by atoms with Crippen LogP contribution in [0.4, 0.5) is 11.4 Å². The number of carbonyl (C=O) groups is 2. The largest absolute Gasteiger partial charge is 0.326 e. The Kier molecular flexibility index (Phi) is 6.10. The van der Waals surface area contributed by atoms with E-state index < -0.39 is 5.25 Å². The Hall–Kier alpha value is -2.31. The van der Waals surface area contributed by atoms with Gasteiger partial charge < -0.3 is 5.32 Å². The summed E-state index contributed by atoms with van der Waals surface area (Å²) in [6, 6.07) is 11.3. The molecule has 0 aromatic heterocycles. The highest BCUT2D eigenvalue weighted by atomic mass is 35.5. The number of carbonyl (C=O) groups excluding carboxylic acids is 2. The summed E-state index contributed by atoms with van der Waals surface area (Å²) in [5.74, 6) is -0.299. The van der Waals surface area contributed by atoms with Crippen molar-refractivity contribution in [2.45, 2.75) is 32.4 Å². The zero-order valence-electron chi connectivity index (χ0n) is 16.2. The van der Waals surface area contributed by atoms with E-state index in [1.807, 2.05) is 51.1 Å². The lowest BCUT2D eigenvalue weighted by Crippen LogP contribution is -2.30. The topological polar surface area (TPSA) is 61.8 Å². The number of benzene rings is 2. The number of amides is 2. The van der Waals surface area contributed by atoms with E-state index in [0.29, 0.717) is 10.2 Å². The predicted molar refractivity (Wildman–Crippen MR) is 117 cm³/mol. The van der Waals surface area contributed by atoms with Crippen LogP contribution in [0.15, 0.2) is 41.4 Å². The molecular formula is C21H22ClN3O2S. The van der Waals surface area contributed by atoms with Gasteiger partial charge in [0.1, 0.15) is 5.25 Å². The summed E-state index contributed by atoms with van der Waals surface area (Å²) in [5.41, 5.74) is 4.49. The SMILES string of the molecule is Cc1cc(Cl)ccc1N=C1SC(CC(=O)Nc2c(C)cccc2C)C(=O)N1C. The first-order valence-corrected chi connectivity index (χ1v) is 10.2. The zero-order valence-corrected chi connectivity index (χ0v) is 17.8. The molecular weight excluding hydrogens is 394 g/mol. The number of anilines is 1. The monoisotopic (exact) mass is 415 g/mol. The Morgan fingerprint density at radius 2 is 1.86 bits per heavy atom. The molecule has 1 fully saturated rings. The van der Waals surface area contributed by atoms with Gasteiger partial charge in [-0.05, 0) is 55.7 Å². The second kappa shape index (κ2) is 8.37. The Balaban J connectivity index is 1.73. The first kappa shape index (κ1) is 20.4. The van der Waals surface area contributed by atoms with Gasteiger partial charge in [0.25, 0.3) is 0 Å². The van der Waals surface area contributed by atoms with Crippen molar-refractivity contribution in [1.29, 1.82) is 0 Å². The van der Waals surface area contributed by atoms with Gasteiger partial charge in [0.2, 0.25) is 11.8 Å². The molecule has 1 heterocycles. The van der Waals surface area contributed by atoms with Crippen molar-refractivity contribution in [1.82, 2.24) is 4.90 Å². The number of hydrogen-bond acceptors (Lipinski definition) is 4. The first-order chi connectivity index (χ1) is 13.3. The highest BCUT2D eigenvalue weighted by molar-refractivity contribution is 8.15. The number of hydrogen-bond donors (Lipinski definition) is 1. The average Bonchev–Trinajstić information content (AvgIpc) is 2.88. The Morgan fingerprint density at radius 1 is 1.18 bits per heavy atom. The fraction of sp³-hybridized carbons (Fsp3) is 0.286. The van der Waals surface area contributed by atoms with Crippen LogP contribution in [0.2, 0.25) is 5.02 Å². The molecule has 0 saturated carbocycles. The molecule has 146 valence electrons. The van der Waals surface area contributed by atoms with Gasteiger partial charge in [-0.3, -0.25) is 14.5 Å². The molecule has 1 aliphatic heterocycles. The van der Waals surface area contributed by atoms with Crippen LogP contribution < -0.4 is 5.32 Å². The lowest BCUT2D eigenvalue weighted by molar-refractivity contribution is -0.127. The van der Waals surface area contributed by atoms with E-state index in [1.54, 1.807) is 13.1 Å². The van der Waals surface area contributed by atoms with E-state index in [4.69, 9.17) is 11.6 Å². The van der Waals surface area contributed by atoms with Gasteiger partial charge in [0.05, 0.1) is 5.69 Å². The smallest absolute Gasteiger partial charge is 0.242 e. The molecule has 2 aromatic rings. The van der Waals surface area contributed by atoms with Gasteiger partial charge >= 0.3 is 0 Å². The number of nitrogens with one attached hydrogen (secondary N) is 1. The van der Waals surface area contributed by atoms with E-state index in [2.05, 4.69) is 10.3 Å². The molecule has 0 bridgehead atoms. The maximum absolute atomic E-state index is 12.6. The number of thioether (sulfide) groups is 1. The summed E-state index contributed by atoms with van der Waals surface area (Å²) in [4.78, 5) is 31.2. The van der Waals surface area contributed by atoms with Crippen molar-refractivity contribution < 1.29 is 9.59 Å². The summed E-state index contributed by atoms with van der Waals surface area (Å²) < 4.78 is 0. The molecule has 0 spiro atoms. The molecule has 1 aliphatic rings. The Labute approximate surface area is 174 Å². The Bertz CT molecular complexity index is 954. The minimum absolute atomic E-state index is 0.0975. The normalized spacial score (nSPS) is 18.0. The summed E-state index contributed by atoms with van der Waals surface area (Å²) >= 11 is 7.31. The third kappa shape index (κ3) is 4.39. The number of halogens is 1. The molecule has 0 aliphatic carbocycles. The van der Waals surface area contributed by atoms with Crippen LogP contribution in [0.3, 0.4) is 0 Å². The van der Waals surface area contributed by atoms with Gasteiger partial charge in [0.15, 0.2) is 5.17 Å². The van der Waals surface area contributed by atoms with Crippen molar-refractivity contribution in [2.75, 3.05) is 12.4 Å². The predicted octanol–water partition coefficient (Wildman–Crippen LogP) is 4.86. The highest BCUT2D eigenvalue weighted by Gasteiger charge is 2.37. The number of rotatable bonds is 4. The average molecular weight is 416 g/mol. The van der Waals surface area contributed by atoms with Crippen LogP contribution in [-0.4, -0.2) is 34.2 Å². The van der Waals surface area contributed by atoms with E-state index in [9.17, 15) is 9.59 Å². The van der Waals surface area contributed by atoms with Crippen molar-refractivity contribution >= 4 is 51.7 Å². The summed E-state index contributed by atoms with van der Waals surface area (Å²) in [5, 5.41) is 3.69. The molecule has 0 radical (unpaired) electrons. The molecule has 28 heavy (non-hydrogen) atoms. The van der Waals surface area contributed by atoms with Gasteiger partial charge in [0, 0.05) is 24.2 Å². The number of nitrogens with zero attached hydrogens (tertiary/aromatic N) is 2. The van der Waals surface area contributed by atoms with E-state index in [0.717, 1.165) is 28.1 Å². The molecule has 5 nitrogen and oxygen atoms in total. The standard InChI is InChI=1S/C21H22ClN3O2S/c1-12-6-5-7-13(2)19(12)24-18(26)11-17-20(27)25(4)21(28-17)23-16-9-8-15(22)10-14(16)3/h5-10,17H,11H2,1-4H3,(H,24,26). The highest BCUT2D eigenvalue weighted by Crippen LogP contribution is 2.32. The molecule has 2 aromatic carbocycles. The first-order valence-electron chi connectivity index (χ1n) is 8.91. The second-order valence-electron chi connectivity index (χ2n) is 6.85. The van der Waals surface area contributed by atoms with Gasteiger partial charge in [-0.25, -0.2) is 4.99 Å². The fourth-order valence-corrected chi connectivity index (χ4v) is 4.39. The van der Waals surface area contributed by atoms with Crippen LogP contribution in [0.1, 0.15) is 23.1 Å². The summed E-state index contributed by atoms with van der Waals surface area (Å²) in [6.45, 7) is 5.82. The number of aryl methyl sites for hydroxylation is 3. The molecule has 2 amide bonds. The molecule has 1 unspecified atom stereocenters. The van der Waals surface area contributed by atoms with Crippen LogP contribution in [0.5, 0.6) is 0 Å². The molecule has 3 rings (SSSR count). The van der Waals surface area contributed by atoms with Crippen molar-refractivity contribution in [3.05, 3.63) is 58.1 Å². The molecule has 1 N–H and O–H groups in total. The van der Waals surface area contributed by atoms with E-state index in [-0.39, 0.29) is 18.2 Å². The molecule has 7 heteroatoms. The molecule has 1 atom stereocenters. The summed E-state index contributed by atoms with van der Waals surface area (Å²) in [7, 11) is 1.68. The number of amidine groups is 1. The van der Waals surface area contributed by atoms with Gasteiger partial charge in [-0.15, -0.1) is 0 Å². The van der Waals surface area contributed by atoms with Crippen LogP contribution >= 0.6 is 23.4 Å². The van der Waals surface area contributed by atoms with Crippen molar-refractivity contribution in [3.63, 3.8) is 0 Å². The fourth-order valence-electron chi connectivity index (χ4n) is 3.02. The van der Waals surface area contributed by atoms with Crippen molar-refractivity contribution in [2.24, 2.45) is 4.99 Å². The number of para-hydroxylation sites is 1. The third-order valence-corrected chi connectivity index (χ3v) is 6.10. The van der Waals surface area contributed by atoms with Crippen LogP contribution in [-0.2, 0) is 9.59 Å². The minimum atomic E-state index is -0.485. The third-order valence-electron chi connectivity index (χ3n) is 4.63. The molecule has 1 saturated heterocycles. The maximum atomic E-state index is 12.6. The van der Waals surface area contributed by atoms with Gasteiger partial charge in [-0.2, -0.15) is 0 Å². The lowest BCUT2D eigenvalue weighted by Gasteiger charge is -2.12. The minimum Gasteiger partial charge on any atom is -0.326 e. The zero-order chi connectivity index (χ0) is 20.4. The van der Waals surface area contributed by atoms with E-state index >= 15 is 0 Å². The van der Waals surface area contributed by atoms with Crippen molar-refractivity contribution in [3.8, 4) is 0 Å². The summed E-state index contributed by atoms with van der Waals surface area (Å²) in [6.07, 6.45) is 0.0975. The van der Waals surface area contributed by atoms with Crippen LogP contribution in [0.25, 0.3) is 0 Å². The quantitative estimate of drug-likeness (QED) is 0.775. The van der Waals surface area contributed by atoms with E-state index in [1.165, 1.54) is 16.7 Å². The number of aliphatic imine (C=N–C) groups is 1. The van der Waals surface area contributed by atoms with Gasteiger partial charge in [-0.1, -0.05) is 41.6 Å². The second-order valence-corrected chi connectivity index (χ2v) is 8.45. The lowest BCUT2D eigenvalue weighted by atomic mass is 10.1.